The number of nitrogens with one attached hydrogen (secondary N) is 1. The maximum atomic E-state index is 4.73. The van der Waals surface area contributed by atoms with E-state index >= 15 is 0 Å². The molecule has 4 heteroatoms. The largest absolute Gasteiger partial charge is 0.338 e. The van der Waals surface area contributed by atoms with Gasteiger partial charge in [0, 0.05) is 17.5 Å². The SMILES string of the molecule is c1cnc(SCC2CCCCC2)c(-c2nc3ccccc3[nH]2)c1. The van der Waals surface area contributed by atoms with Crippen molar-refractivity contribution in [2.45, 2.75) is 37.1 Å². The van der Waals surface area contributed by atoms with Crippen molar-refractivity contribution in [2.24, 2.45) is 5.92 Å². The summed E-state index contributed by atoms with van der Waals surface area (Å²) in [5.41, 5.74) is 3.20. The molecule has 0 aliphatic heterocycles. The van der Waals surface area contributed by atoms with E-state index in [0.29, 0.717) is 0 Å². The number of aromatic nitrogens is 3. The fourth-order valence-corrected chi connectivity index (χ4v) is 4.50. The lowest BCUT2D eigenvalue weighted by Gasteiger charge is -2.21. The Balaban J connectivity index is 1.58. The lowest BCUT2D eigenvalue weighted by atomic mass is 9.91. The molecule has 1 aliphatic rings. The number of hydrogen-bond acceptors (Lipinski definition) is 3. The zero-order valence-corrected chi connectivity index (χ0v) is 14.0. The summed E-state index contributed by atoms with van der Waals surface area (Å²) in [6, 6.07) is 12.3. The first-order chi connectivity index (χ1) is 11.4. The molecular formula is C19H21N3S. The van der Waals surface area contributed by atoms with Crippen molar-refractivity contribution in [3.63, 3.8) is 0 Å². The van der Waals surface area contributed by atoms with Crippen LogP contribution >= 0.6 is 11.8 Å². The summed E-state index contributed by atoms with van der Waals surface area (Å²) >= 11 is 1.89. The van der Waals surface area contributed by atoms with Gasteiger partial charge in [0.2, 0.25) is 0 Å². The van der Waals surface area contributed by atoms with E-state index < -0.39 is 0 Å². The summed E-state index contributed by atoms with van der Waals surface area (Å²) in [5.74, 6) is 2.94. The Hall–Kier alpha value is -1.81. The van der Waals surface area contributed by atoms with E-state index in [1.165, 1.54) is 37.9 Å². The first-order valence-electron chi connectivity index (χ1n) is 8.43. The summed E-state index contributed by atoms with van der Waals surface area (Å²) in [5, 5.41) is 1.09. The lowest BCUT2D eigenvalue weighted by molar-refractivity contribution is 0.391. The van der Waals surface area contributed by atoms with Crippen molar-refractivity contribution in [1.82, 2.24) is 15.0 Å². The molecule has 1 fully saturated rings. The summed E-state index contributed by atoms with van der Waals surface area (Å²) in [4.78, 5) is 12.8. The third-order valence-electron chi connectivity index (χ3n) is 4.60. The van der Waals surface area contributed by atoms with Crippen LogP contribution in [0.4, 0.5) is 0 Å². The second-order valence-corrected chi connectivity index (χ2v) is 7.28. The highest BCUT2D eigenvalue weighted by Gasteiger charge is 2.16. The summed E-state index contributed by atoms with van der Waals surface area (Å²) in [6.45, 7) is 0. The van der Waals surface area contributed by atoms with E-state index in [1.807, 2.05) is 42.2 Å². The number of aromatic amines is 1. The monoisotopic (exact) mass is 323 g/mol. The van der Waals surface area contributed by atoms with Crippen LogP contribution in [0.2, 0.25) is 0 Å². The minimum Gasteiger partial charge on any atom is -0.338 e. The number of rotatable bonds is 4. The number of imidazole rings is 1. The number of pyridine rings is 1. The number of H-pyrrole nitrogens is 1. The molecule has 0 atom stereocenters. The standard InChI is InChI=1S/C19H21N3S/c1-2-7-14(8-3-1)13-23-19-15(9-6-12-20-19)18-21-16-10-4-5-11-17(16)22-18/h4-6,9-12,14H,1-3,7-8,13H2,(H,21,22). The van der Waals surface area contributed by atoms with E-state index in [-0.39, 0.29) is 0 Å². The third kappa shape index (κ3) is 3.27. The average Bonchev–Trinajstić information content (AvgIpc) is 3.05. The van der Waals surface area contributed by atoms with Crippen LogP contribution in [0.25, 0.3) is 22.4 Å². The molecule has 0 spiro atoms. The molecule has 2 heterocycles. The zero-order chi connectivity index (χ0) is 15.5. The summed E-state index contributed by atoms with van der Waals surface area (Å²) in [6.07, 6.45) is 8.83. The molecule has 118 valence electrons. The van der Waals surface area contributed by atoms with Gasteiger partial charge in [-0.05, 0) is 43.0 Å². The molecule has 23 heavy (non-hydrogen) atoms. The highest BCUT2D eigenvalue weighted by molar-refractivity contribution is 7.99. The van der Waals surface area contributed by atoms with E-state index in [0.717, 1.165) is 33.4 Å². The molecule has 0 saturated heterocycles. The van der Waals surface area contributed by atoms with Gasteiger partial charge in [-0.15, -0.1) is 11.8 Å². The van der Waals surface area contributed by atoms with Crippen molar-refractivity contribution in [2.75, 3.05) is 5.75 Å². The third-order valence-corrected chi connectivity index (χ3v) is 5.83. The number of benzene rings is 1. The van der Waals surface area contributed by atoms with Crippen LogP contribution in [-0.4, -0.2) is 20.7 Å². The predicted molar refractivity (Wildman–Crippen MR) is 96.6 cm³/mol. The van der Waals surface area contributed by atoms with Crippen molar-refractivity contribution >= 4 is 22.8 Å². The van der Waals surface area contributed by atoms with Crippen LogP contribution in [0.1, 0.15) is 32.1 Å². The Kier molecular flexibility index (Phi) is 4.33. The molecule has 3 aromatic rings. The Morgan fingerprint density at radius 3 is 2.78 bits per heavy atom. The van der Waals surface area contributed by atoms with Gasteiger partial charge in [0.1, 0.15) is 10.9 Å². The van der Waals surface area contributed by atoms with Gasteiger partial charge in [0.15, 0.2) is 0 Å². The van der Waals surface area contributed by atoms with Gasteiger partial charge in [0.25, 0.3) is 0 Å². The smallest absolute Gasteiger partial charge is 0.141 e. The van der Waals surface area contributed by atoms with Gasteiger partial charge < -0.3 is 4.98 Å². The van der Waals surface area contributed by atoms with Crippen molar-refractivity contribution in [3.05, 3.63) is 42.6 Å². The molecule has 2 aromatic heterocycles. The van der Waals surface area contributed by atoms with Crippen LogP contribution < -0.4 is 0 Å². The van der Waals surface area contributed by atoms with E-state index in [9.17, 15) is 0 Å². The first kappa shape index (κ1) is 14.8. The molecule has 4 rings (SSSR count). The molecule has 0 unspecified atom stereocenters. The topological polar surface area (TPSA) is 41.6 Å². The fraction of sp³-hybridized carbons (Fsp3) is 0.368. The number of hydrogen-bond donors (Lipinski definition) is 1. The Morgan fingerprint density at radius 2 is 1.91 bits per heavy atom. The van der Waals surface area contributed by atoms with Crippen molar-refractivity contribution in [1.29, 1.82) is 0 Å². The van der Waals surface area contributed by atoms with Crippen LogP contribution in [0.3, 0.4) is 0 Å². The number of nitrogens with zero attached hydrogens (tertiary/aromatic N) is 2. The number of fused-ring (bicyclic) bond motifs is 1. The normalized spacial score (nSPS) is 16.0. The van der Waals surface area contributed by atoms with Crippen LogP contribution in [-0.2, 0) is 0 Å². The molecule has 3 nitrogen and oxygen atoms in total. The molecular weight excluding hydrogens is 302 g/mol. The molecule has 1 saturated carbocycles. The quantitative estimate of drug-likeness (QED) is 0.663. The molecule has 0 amide bonds. The minimum absolute atomic E-state index is 0.847. The molecule has 0 bridgehead atoms. The Morgan fingerprint density at radius 1 is 1.04 bits per heavy atom. The molecule has 1 aromatic carbocycles. The second kappa shape index (κ2) is 6.75. The van der Waals surface area contributed by atoms with Gasteiger partial charge in [-0.1, -0.05) is 31.4 Å². The molecule has 1 aliphatic carbocycles. The average molecular weight is 323 g/mol. The zero-order valence-electron chi connectivity index (χ0n) is 13.2. The lowest BCUT2D eigenvalue weighted by Crippen LogP contribution is -2.08. The molecule has 1 N–H and O–H groups in total. The van der Waals surface area contributed by atoms with Gasteiger partial charge in [-0.2, -0.15) is 0 Å². The maximum Gasteiger partial charge on any atom is 0.141 e. The van der Waals surface area contributed by atoms with Crippen LogP contribution in [0, 0.1) is 5.92 Å². The predicted octanol–water partition coefficient (Wildman–Crippen LogP) is 5.30. The van der Waals surface area contributed by atoms with Gasteiger partial charge >= 0.3 is 0 Å². The van der Waals surface area contributed by atoms with Gasteiger partial charge in [-0.25, -0.2) is 9.97 Å². The van der Waals surface area contributed by atoms with E-state index in [1.54, 1.807) is 0 Å². The van der Waals surface area contributed by atoms with Crippen LogP contribution in [0.5, 0.6) is 0 Å². The summed E-state index contributed by atoms with van der Waals surface area (Å²) < 4.78 is 0. The van der Waals surface area contributed by atoms with Gasteiger partial charge in [0.05, 0.1) is 11.0 Å². The van der Waals surface area contributed by atoms with Crippen molar-refractivity contribution in [3.8, 4) is 11.4 Å². The Bertz CT molecular complexity index is 757. The van der Waals surface area contributed by atoms with Gasteiger partial charge in [-0.3, -0.25) is 0 Å². The minimum atomic E-state index is 0.847. The molecule has 0 radical (unpaired) electrons. The maximum absolute atomic E-state index is 4.73. The van der Waals surface area contributed by atoms with E-state index in [2.05, 4.69) is 22.1 Å². The van der Waals surface area contributed by atoms with Crippen molar-refractivity contribution < 1.29 is 0 Å². The number of thioether (sulfide) groups is 1. The second-order valence-electron chi connectivity index (χ2n) is 6.27. The first-order valence-corrected chi connectivity index (χ1v) is 9.41. The fourth-order valence-electron chi connectivity index (χ4n) is 3.32. The van der Waals surface area contributed by atoms with E-state index in [4.69, 9.17) is 4.98 Å². The van der Waals surface area contributed by atoms with Crippen LogP contribution in [0.15, 0.2) is 47.6 Å². The highest BCUT2D eigenvalue weighted by atomic mass is 32.2. The Labute approximate surface area is 140 Å². The summed E-state index contributed by atoms with van der Waals surface area (Å²) in [7, 11) is 0. The highest BCUT2D eigenvalue weighted by Crippen LogP contribution is 2.33. The number of para-hydroxylation sites is 2.